The highest BCUT2D eigenvalue weighted by Gasteiger charge is 2.26. The van der Waals surface area contributed by atoms with E-state index >= 15 is 0 Å². The first-order valence-corrected chi connectivity index (χ1v) is 7.38. The van der Waals surface area contributed by atoms with Crippen LogP contribution in [0.1, 0.15) is 57.7 Å². The van der Waals surface area contributed by atoms with E-state index in [-0.39, 0.29) is 0 Å². The van der Waals surface area contributed by atoms with Crippen LogP contribution in [0.4, 0.5) is 0 Å². The van der Waals surface area contributed by atoms with Crippen LogP contribution in [0.15, 0.2) is 4.52 Å². The molecule has 2 atom stereocenters. The highest BCUT2D eigenvalue weighted by Crippen LogP contribution is 2.27. The summed E-state index contributed by atoms with van der Waals surface area (Å²) in [6, 6.07) is 0.630. The second-order valence-electron chi connectivity index (χ2n) is 5.27. The summed E-state index contributed by atoms with van der Waals surface area (Å²) in [5.41, 5.74) is 0. The van der Waals surface area contributed by atoms with Gasteiger partial charge in [-0.15, -0.1) is 0 Å². The first-order chi connectivity index (χ1) is 8.83. The molecule has 1 aromatic heterocycles. The molecule has 1 heterocycles. The van der Waals surface area contributed by atoms with Crippen LogP contribution in [-0.4, -0.2) is 22.7 Å². The molecule has 0 aromatic carbocycles. The second-order valence-corrected chi connectivity index (χ2v) is 5.27. The smallest absolute Gasteiger partial charge is 0.226 e. The molecular weight excluding hydrogens is 226 g/mol. The zero-order valence-electron chi connectivity index (χ0n) is 11.6. The van der Waals surface area contributed by atoms with Crippen molar-refractivity contribution in [2.24, 2.45) is 5.92 Å². The first-order valence-electron chi connectivity index (χ1n) is 7.38. The monoisotopic (exact) mass is 251 g/mol. The van der Waals surface area contributed by atoms with Crippen LogP contribution >= 0.6 is 0 Å². The highest BCUT2D eigenvalue weighted by atomic mass is 16.5. The van der Waals surface area contributed by atoms with Crippen molar-refractivity contribution in [1.82, 2.24) is 15.5 Å². The van der Waals surface area contributed by atoms with Crippen molar-refractivity contribution < 1.29 is 4.52 Å². The lowest BCUT2D eigenvalue weighted by molar-refractivity contribution is 0.242. The van der Waals surface area contributed by atoms with E-state index in [1.54, 1.807) is 0 Å². The van der Waals surface area contributed by atoms with Gasteiger partial charge in [-0.3, -0.25) is 0 Å². The van der Waals surface area contributed by atoms with Crippen molar-refractivity contribution in [3.8, 4) is 0 Å². The molecule has 0 saturated heterocycles. The Balaban J connectivity index is 1.92. The summed E-state index contributed by atoms with van der Waals surface area (Å²) in [6.07, 6.45) is 8.18. The van der Waals surface area contributed by atoms with Crippen molar-refractivity contribution in [1.29, 1.82) is 0 Å². The van der Waals surface area contributed by atoms with Crippen LogP contribution in [0.25, 0.3) is 0 Å². The molecule has 0 bridgehead atoms. The molecular formula is C14H25N3O. The van der Waals surface area contributed by atoms with E-state index in [0.717, 1.165) is 37.5 Å². The number of hydrogen-bond donors (Lipinski definition) is 1. The van der Waals surface area contributed by atoms with Crippen molar-refractivity contribution in [3.05, 3.63) is 11.7 Å². The van der Waals surface area contributed by atoms with E-state index in [4.69, 9.17) is 4.52 Å². The van der Waals surface area contributed by atoms with Gasteiger partial charge in [0.05, 0.1) is 0 Å². The minimum Gasteiger partial charge on any atom is -0.339 e. The fourth-order valence-electron chi connectivity index (χ4n) is 2.91. The third-order valence-corrected chi connectivity index (χ3v) is 3.80. The van der Waals surface area contributed by atoms with Gasteiger partial charge in [0.25, 0.3) is 0 Å². The van der Waals surface area contributed by atoms with Crippen LogP contribution in [0, 0.1) is 5.92 Å². The molecule has 0 radical (unpaired) electrons. The van der Waals surface area contributed by atoms with Gasteiger partial charge >= 0.3 is 0 Å². The Hall–Kier alpha value is -0.900. The number of aryl methyl sites for hydroxylation is 1. The van der Waals surface area contributed by atoms with Gasteiger partial charge in [-0.1, -0.05) is 31.8 Å². The predicted octanol–water partition coefficient (Wildman–Crippen LogP) is 2.73. The SMILES string of the molecule is CCCc1noc(CC2CCCCC2NCC)n1. The molecule has 2 unspecified atom stereocenters. The van der Waals surface area contributed by atoms with E-state index < -0.39 is 0 Å². The summed E-state index contributed by atoms with van der Waals surface area (Å²) in [5, 5.41) is 7.63. The molecule has 18 heavy (non-hydrogen) atoms. The van der Waals surface area contributed by atoms with Crippen LogP contribution < -0.4 is 5.32 Å². The molecule has 4 heteroatoms. The number of aromatic nitrogens is 2. The lowest BCUT2D eigenvalue weighted by Gasteiger charge is -2.31. The number of rotatable bonds is 6. The van der Waals surface area contributed by atoms with Gasteiger partial charge in [0.15, 0.2) is 5.82 Å². The molecule has 2 rings (SSSR count). The van der Waals surface area contributed by atoms with Crippen molar-refractivity contribution in [2.75, 3.05) is 6.54 Å². The van der Waals surface area contributed by atoms with Crippen molar-refractivity contribution in [2.45, 2.75) is 64.8 Å². The van der Waals surface area contributed by atoms with E-state index in [2.05, 4.69) is 29.3 Å². The maximum absolute atomic E-state index is 5.36. The van der Waals surface area contributed by atoms with Crippen LogP contribution in [0.2, 0.25) is 0 Å². The van der Waals surface area contributed by atoms with E-state index in [1.807, 2.05) is 0 Å². The van der Waals surface area contributed by atoms with Crippen LogP contribution in [0.3, 0.4) is 0 Å². The minimum absolute atomic E-state index is 0.630. The van der Waals surface area contributed by atoms with Gasteiger partial charge in [-0.2, -0.15) is 4.98 Å². The zero-order valence-corrected chi connectivity index (χ0v) is 11.6. The molecule has 1 aromatic rings. The lowest BCUT2D eigenvalue weighted by Crippen LogP contribution is -2.39. The summed E-state index contributed by atoms with van der Waals surface area (Å²) in [6.45, 7) is 5.36. The van der Waals surface area contributed by atoms with E-state index in [1.165, 1.54) is 25.7 Å². The molecule has 1 N–H and O–H groups in total. The summed E-state index contributed by atoms with van der Waals surface area (Å²) >= 11 is 0. The van der Waals surface area contributed by atoms with Gasteiger partial charge < -0.3 is 9.84 Å². The fourth-order valence-corrected chi connectivity index (χ4v) is 2.91. The maximum atomic E-state index is 5.36. The molecule has 0 aliphatic heterocycles. The molecule has 0 amide bonds. The summed E-state index contributed by atoms with van der Waals surface area (Å²) < 4.78 is 5.36. The molecule has 0 spiro atoms. The topological polar surface area (TPSA) is 51.0 Å². The normalized spacial score (nSPS) is 24.3. The Morgan fingerprint density at radius 3 is 2.89 bits per heavy atom. The highest BCUT2D eigenvalue weighted by molar-refractivity contribution is 4.92. The van der Waals surface area contributed by atoms with Crippen LogP contribution in [-0.2, 0) is 12.8 Å². The molecule has 1 fully saturated rings. The Morgan fingerprint density at radius 1 is 1.28 bits per heavy atom. The lowest BCUT2D eigenvalue weighted by atomic mass is 9.82. The predicted molar refractivity (Wildman–Crippen MR) is 71.4 cm³/mol. The Kier molecular flexibility index (Phi) is 5.17. The Bertz CT molecular complexity index is 349. The molecule has 4 nitrogen and oxygen atoms in total. The standard InChI is InChI=1S/C14H25N3O/c1-3-7-13-16-14(18-17-13)10-11-8-5-6-9-12(11)15-4-2/h11-12,15H,3-10H2,1-2H3. The van der Waals surface area contributed by atoms with Gasteiger partial charge in [0, 0.05) is 18.9 Å². The van der Waals surface area contributed by atoms with Gasteiger partial charge in [0.2, 0.25) is 5.89 Å². The summed E-state index contributed by atoms with van der Waals surface area (Å²) in [7, 11) is 0. The first kappa shape index (κ1) is 13.5. The second kappa shape index (κ2) is 6.88. The van der Waals surface area contributed by atoms with E-state index in [9.17, 15) is 0 Å². The summed E-state index contributed by atoms with van der Waals surface area (Å²) in [4.78, 5) is 4.48. The Morgan fingerprint density at radius 2 is 2.11 bits per heavy atom. The summed E-state index contributed by atoms with van der Waals surface area (Å²) in [5.74, 6) is 2.35. The minimum atomic E-state index is 0.630. The van der Waals surface area contributed by atoms with Crippen molar-refractivity contribution >= 4 is 0 Å². The number of nitrogens with zero attached hydrogens (tertiary/aromatic N) is 2. The third-order valence-electron chi connectivity index (χ3n) is 3.80. The average Bonchev–Trinajstić information content (AvgIpc) is 2.80. The third kappa shape index (κ3) is 3.55. The van der Waals surface area contributed by atoms with E-state index in [0.29, 0.717) is 12.0 Å². The van der Waals surface area contributed by atoms with Gasteiger partial charge in [0.1, 0.15) is 0 Å². The Labute approximate surface area is 110 Å². The van der Waals surface area contributed by atoms with Gasteiger partial charge in [-0.05, 0) is 31.7 Å². The van der Waals surface area contributed by atoms with Crippen molar-refractivity contribution in [3.63, 3.8) is 0 Å². The average molecular weight is 251 g/mol. The maximum Gasteiger partial charge on any atom is 0.226 e. The quantitative estimate of drug-likeness (QED) is 0.844. The molecule has 1 aliphatic carbocycles. The molecule has 1 saturated carbocycles. The van der Waals surface area contributed by atoms with Gasteiger partial charge in [-0.25, -0.2) is 0 Å². The fraction of sp³-hybridized carbons (Fsp3) is 0.857. The number of nitrogens with one attached hydrogen (secondary N) is 1. The molecule has 102 valence electrons. The molecule has 1 aliphatic rings. The zero-order chi connectivity index (χ0) is 12.8. The number of hydrogen-bond acceptors (Lipinski definition) is 4. The van der Waals surface area contributed by atoms with Crippen LogP contribution in [0.5, 0.6) is 0 Å². The largest absolute Gasteiger partial charge is 0.339 e.